The van der Waals surface area contributed by atoms with Gasteiger partial charge in [-0.1, -0.05) is 12.1 Å². The summed E-state index contributed by atoms with van der Waals surface area (Å²) in [5, 5.41) is 2.67. The summed E-state index contributed by atoms with van der Waals surface area (Å²) in [6.45, 7) is 1.97. The van der Waals surface area contributed by atoms with Crippen LogP contribution in [-0.2, 0) is 6.67 Å². The first-order valence-corrected chi connectivity index (χ1v) is 4.21. The summed E-state index contributed by atoms with van der Waals surface area (Å²) in [5.74, 6) is -0.118. The highest BCUT2D eigenvalue weighted by atomic mass is 19.1. The van der Waals surface area contributed by atoms with E-state index in [4.69, 9.17) is 0 Å². The molecule has 1 rings (SSSR count). The standard InChI is InChI=1S/C10H12FNO/c1-2-12-10(13)9-5-3-8(7-11)4-6-9/h3-6H,2,7H2,1H3,(H,12,13). The fourth-order valence-electron chi connectivity index (χ4n) is 1.01. The van der Waals surface area contributed by atoms with Crippen LogP contribution in [0.2, 0.25) is 0 Å². The molecule has 0 fully saturated rings. The third kappa shape index (κ3) is 2.54. The maximum atomic E-state index is 12.1. The van der Waals surface area contributed by atoms with Crippen LogP contribution in [0.15, 0.2) is 24.3 Å². The highest BCUT2D eigenvalue weighted by Crippen LogP contribution is 2.05. The van der Waals surface area contributed by atoms with Crippen LogP contribution in [0.4, 0.5) is 4.39 Å². The molecule has 13 heavy (non-hydrogen) atoms. The van der Waals surface area contributed by atoms with E-state index in [2.05, 4.69) is 5.32 Å². The van der Waals surface area contributed by atoms with Crippen molar-refractivity contribution >= 4 is 5.91 Å². The first kappa shape index (κ1) is 9.71. The lowest BCUT2D eigenvalue weighted by atomic mass is 10.1. The molecule has 0 spiro atoms. The molecule has 0 unspecified atom stereocenters. The fraction of sp³-hybridized carbons (Fsp3) is 0.300. The van der Waals surface area contributed by atoms with E-state index in [1.54, 1.807) is 24.3 Å². The number of carbonyl (C=O) groups excluding carboxylic acids is 1. The van der Waals surface area contributed by atoms with Crippen LogP contribution in [0.5, 0.6) is 0 Å². The predicted molar refractivity (Wildman–Crippen MR) is 49.3 cm³/mol. The Kier molecular flexibility index (Phi) is 3.43. The molecule has 1 aromatic carbocycles. The number of amides is 1. The zero-order valence-corrected chi connectivity index (χ0v) is 7.51. The number of carbonyl (C=O) groups is 1. The van der Waals surface area contributed by atoms with Crippen molar-refractivity contribution in [2.75, 3.05) is 6.54 Å². The van der Waals surface area contributed by atoms with Gasteiger partial charge < -0.3 is 5.32 Å². The number of benzene rings is 1. The Morgan fingerprint density at radius 3 is 2.46 bits per heavy atom. The molecule has 0 bridgehead atoms. The molecule has 0 aliphatic rings. The molecule has 3 heteroatoms. The highest BCUT2D eigenvalue weighted by molar-refractivity contribution is 5.94. The van der Waals surface area contributed by atoms with Crippen LogP contribution in [-0.4, -0.2) is 12.5 Å². The number of halogens is 1. The molecule has 0 aliphatic heterocycles. The Bertz CT molecular complexity index is 281. The summed E-state index contributed by atoms with van der Waals surface area (Å²) >= 11 is 0. The SMILES string of the molecule is CCNC(=O)c1ccc(CF)cc1. The Balaban J connectivity index is 2.74. The lowest BCUT2D eigenvalue weighted by Crippen LogP contribution is -2.22. The second kappa shape index (κ2) is 4.60. The van der Waals surface area contributed by atoms with Gasteiger partial charge in [-0.2, -0.15) is 0 Å². The first-order valence-electron chi connectivity index (χ1n) is 4.21. The van der Waals surface area contributed by atoms with Crippen LogP contribution in [0.1, 0.15) is 22.8 Å². The summed E-state index contributed by atoms with van der Waals surface area (Å²) in [7, 11) is 0. The highest BCUT2D eigenvalue weighted by Gasteiger charge is 2.02. The zero-order chi connectivity index (χ0) is 9.68. The van der Waals surface area contributed by atoms with Gasteiger partial charge >= 0.3 is 0 Å². The smallest absolute Gasteiger partial charge is 0.251 e. The number of hydrogen-bond acceptors (Lipinski definition) is 1. The largest absolute Gasteiger partial charge is 0.352 e. The van der Waals surface area contributed by atoms with Gasteiger partial charge in [0.1, 0.15) is 6.67 Å². The van der Waals surface area contributed by atoms with Crippen molar-refractivity contribution in [3.05, 3.63) is 35.4 Å². The number of rotatable bonds is 3. The summed E-state index contributed by atoms with van der Waals surface area (Å²) in [6.07, 6.45) is 0. The maximum Gasteiger partial charge on any atom is 0.251 e. The molecule has 0 aliphatic carbocycles. The van der Waals surface area contributed by atoms with Gasteiger partial charge in [0.25, 0.3) is 5.91 Å². The first-order chi connectivity index (χ1) is 6.27. The van der Waals surface area contributed by atoms with E-state index in [1.165, 1.54) is 0 Å². The molecule has 0 saturated heterocycles. The van der Waals surface area contributed by atoms with E-state index in [0.717, 1.165) is 0 Å². The van der Waals surface area contributed by atoms with Gasteiger partial charge in [0, 0.05) is 12.1 Å². The predicted octanol–water partition coefficient (Wildman–Crippen LogP) is 1.91. The maximum absolute atomic E-state index is 12.1. The van der Waals surface area contributed by atoms with Crippen LogP contribution < -0.4 is 5.32 Å². The third-order valence-corrected chi connectivity index (χ3v) is 1.71. The van der Waals surface area contributed by atoms with Gasteiger partial charge in [-0.05, 0) is 24.6 Å². The average Bonchev–Trinajstić information content (AvgIpc) is 2.18. The van der Waals surface area contributed by atoms with E-state index in [-0.39, 0.29) is 5.91 Å². The molecule has 0 radical (unpaired) electrons. The van der Waals surface area contributed by atoms with Crippen LogP contribution in [0.25, 0.3) is 0 Å². The van der Waals surface area contributed by atoms with Gasteiger partial charge in [-0.25, -0.2) is 4.39 Å². The summed E-state index contributed by atoms with van der Waals surface area (Å²) < 4.78 is 12.1. The quantitative estimate of drug-likeness (QED) is 0.758. The van der Waals surface area contributed by atoms with Crippen molar-refractivity contribution in [1.29, 1.82) is 0 Å². The molecular weight excluding hydrogens is 169 g/mol. The van der Waals surface area contributed by atoms with Crippen molar-refractivity contribution < 1.29 is 9.18 Å². The number of hydrogen-bond donors (Lipinski definition) is 1. The average molecular weight is 181 g/mol. The molecule has 0 atom stereocenters. The second-order valence-corrected chi connectivity index (χ2v) is 2.69. The fourth-order valence-corrected chi connectivity index (χ4v) is 1.01. The van der Waals surface area contributed by atoms with E-state index in [9.17, 15) is 9.18 Å². The van der Waals surface area contributed by atoms with Crippen molar-refractivity contribution in [3.8, 4) is 0 Å². The molecule has 1 aromatic rings. The Hall–Kier alpha value is -1.38. The Morgan fingerprint density at radius 2 is 2.00 bits per heavy atom. The summed E-state index contributed by atoms with van der Waals surface area (Å²) in [6, 6.07) is 6.48. The monoisotopic (exact) mass is 181 g/mol. The number of nitrogens with one attached hydrogen (secondary N) is 1. The van der Waals surface area contributed by atoms with E-state index >= 15 is 0 Å². The van der Waals surface area contributed by atoms with Gasteiger partial charge in [0.2, 0.25) is 0 Å². The Morgan fingerprint density at radius 1 is 1.38 bits per heavy atom. The van der Waals surface area contributed by atoms with Gasteiger partial charge in [-0.3, -0.25) is 4.79 Å². The molecular formula is C10H12FNO. The normalized spacial score (nSPS) is 9.69. The minimum atomic E-state index is -0.490. The van der Waals surface area contributed by atoms with E-state index in [0.29, 0.717) is 17.7 Å². The summed E-state index contributed by atoms with van der Waals surface area (Å²) in [4.78, 5) is 11.2. The molecule has 2 nitrogen and oxygen atoms in total. The van der Waals surface area contributed by atoms with Crippen molar-refractivity contribution in [3.63, 3.8) is 0 Å². The molecule has 0 heterocycles. The topological polar surface area (TPSA) is 29.1 Å². The van der Waals surface area contributed by atoms with Crippen LogP contribution in [0, 0.1) is 0 Å². The van der Waals surface area contributed by atoms with Gasteiger partial charge in [0.15, 0.2) is 0 Å². The number of alkyl halides is 1. The van der Waals surface area contributed by atoms with Gasteiger partial charge in [0.05, 0.1) is 0 Å². The minimum absolute atomic E-state index is 0.118. The van der Waals surface area contributed by atoms with Crippen molar-refractivity contribution in [1.82, 2.24) is 5.32 Å². The van der Waals surface area contributed by atoms with E-state index in [1.807, 2.05) is 6.92 Å². The van der Waals surface area contributed by atoms with Crippen molar-refractivity contribution in [2.45, 2.75) is 13.6 Å². The van der Waals surface area contributed by atoms with E-state index < -0.39 is 6.67 Å². The molecule has 0 aromatic heterocycles. The molecule has 0 saturated carbocycles. The lowest BCUT2D eigenvalue weighted by Gasteiger charge is -2.01. The van der Waals surface area contributed by atoms with Crippen molar-refractivity contribution in [2.24, 2.45) is 0 Å². The second-order valence-electron chi connectivity index (χ2n) is 2.69. The third-order valence-electron chi connectivity index (χ3n) is 1.71. The van der Waals surface area contributed by atoms with Crippen LogP contribution in [0.3, 0.4) is 0 Å². The lowest BCUT2D eigenvalue weighted by molar-refractivity contribution is 0.0956. The van der Waals surface area contributed by atoms with Gasteiger partial charge in [-0.15, -0.1) is 0 Å². The minimum Gasteiger partial charge on any atom is -0.352 e. The molecule has 1 amide bonds. The zero-order valence-electron chi connectivity index (χ0n) is 7.51. The Labute approximate surface area is 76.8 Å². The molecule has 1 N–H and O–H groups in total. The van der Waals surface area contributed by atoms with Crippen LogP contribution >= 0.6 is 0 Å². The summed E-state index contributed by atoms with van der Waals surface area (Å²) in [5.41, 5.74) is 1.16. The molecule has 70 valence electrons.